The number of carboxylic acids is 1. The molecular weight excluding hydrogens is 270 g/mol. The lowest BCUT2D eigenvalue weighted by molar-refractivity contribution is -0.161. The van der Waals surface area contributed by atoms with E-state index in [0.29, 0.717) is 12.0 Å². The molecule has 1 saturated heterocycles. The minimum absolute atomic E-state index is 0.00102. The van der Waals surface area contributed by atoms with E-state index < -0.39 is 18.0 Å². The topological polar surface area (TPSA) is 83.9 Å². The second-order valence-corrected chi connectivity index (χ2v) is 5.41. The largest absolute Gasteiger partial charge is 0.477 e. The van der Waals surface area contributed by atoms with Gasteiger partial charge < -0.3 is 9.84 Å². The van der Waals surface area contributed by atoms with Gasteiger partial charge >= 0.3 is 5.97 Å². The van der Waals surface area contributed by atoms with Crippen molar-refractivity contribution in [2.75, 3.05) is 6.26 Å². The number of ether oxygens (including phenoxy) is 1. The second kappa shape index (κ2) is 6.10. The molecule has 0 radical (unpaired) electrons. The molecule has 0 spiro atoms. The molecule has 19 heavy (non-hydrogen) atoms. The van der Waals surface area contributed by atoms with Crippen LogP contribution in [0.2, 0.25) is 0 Å². The van der Waals surface area contributed by atoms with Gasteiger partial charge in [-0.3, -0.25) is 14.5 Å². The molecule has 0 saturated carbocycles. The lowest BCUT2D eigenvalue weighted by atomic mass is 9.91. The summed E-state index contributed by atoms with van der Waals surface area (Å²) >= 11 is 1.36. The van der Waals surface area contributed by atoms with Crippen LogP contribution in [0, 0.1) is 5.92 Å². The highest BCUT2D eigenvalue weighted by molar-refractivity contribution is 7.99. The second-order valence-electron chi connectivity index (χ2n) is 4.45. The number of allylic oxidation sites excluding steroid dienone is 1. The fraction of sp³-hybridized carbons (Fsp3) is 0.583. The Balaban J connectivity index is 3.02. The highest BCUT2D eigenvalue weighted by atomic mass is 32.2. The maximum absolute atomic E-state index is 12.1. The molecule has 0 bridgehead atoms. The van der Waals surface area contributed by atoms with Gasteiger partial charge in [0.2, 0.25) is 5.91 Å². The van der Waals surface area contributed by atoms with Crippen LogP contribution in [0.1, 0.15) is 20.8 Å². The summed E-state index contributed by atoms with van der Waals surface area (Å²) in [5, 5.41) is 8.86. The van der Waals surface area contributed by atoms with Crippen molar-refractivity contribution < 1.29 is 24.2 Å². The van der Waals surface area contributed by atoms with Crippen LogP contribution in [-0.4, -0.2) is 46.1 Å². The van der Waals surface area contributed by atoms with Gasteiger partial charge in [-0.1, -0.05) is 0 Å². The van der Waals surface area contributed by atoms with Gasteiger partial charge in [0, 0.05) is 0 Å². The Morgan fingerprint density at radius 1 is 1.53 bits per heavy atom. The van der Waals surface area contributed by atoms with E-state index in [0.717, 1.165) is 0 Å². The highest BCUT2D eigenvalue weighted by Crippen LogP contribution is 2.40. The first-order valence-corrected chi connectivity index (χ1v) is 7.01. The number of thioether (sulfide) groups is 1. The van der Waals surface area contributed by atoms with E-state index in [-0.39, 0.29) is 17.0 Å². The number of carboxylic acid groups (broad SMARTS) is 1. The van der Waals surface area contributed by atoms with Crippen molar-refractivity contribution in [2.24, 2.45) is 5.92 Å². The molecule has 1 aliphatic rings. The maximum atomic E-state index is 12.1. The first kappa shape index (κ1) is 15.6. The number of hydrogen-bond acceptors (Lipinski definition) is 5. The molecule has 1 N–H and O–H groups in total. The first-order valence-electron chi connectivity index (χ1n) is 5.72. The SMILES string of the molecule is CS[C@@H]1[C@@H](C(C)OC=O)C(=O)N1C(C(=O)O)=C(C)C. The fourth-order valence-corrected chi connectivity index (χ4v) is 3.19. The number of carbonyl (C=O) groups excluding carboxylic acids is 2. The van der Waals surface area contributed by atoms with Crippen LogP contribution >= 0.6 is 11.8 Å². The van der Waals surface area contributed by atoms with E-state index in [4.69, 9.17) is 4.74 Å². The van der Waals surface area contributed by atoms with E-state index in [9.17, 15) is 19.5 Å². The van der Waals surface area contributed by atoms with E-state index >= 15 is 0 Å². The molecule has 0 aliphatic carbocycles. The molecule has 3 atom stereocenters. The van der Waals surface area contributed by atoms with Crippen LogP contribution < -0.4 is 0 Å². The zero-order valence-electron chi connectivity index (χ0n) is 11.2. The van der Waals surface area contributed by atoms with Crippen molar-refractivity contribution in [2.45, 2.75) is 32.2 Å². The van der Waals surface area contributed by atoms with Crippen LogP contribution in [0.5, 0.6) is 0 Å². The first-order chi connectivity index (χ1) is 8.86. The minimum Gasteiger partial charge on any atom is -0.477 e. The summed E-state index contributed by atoms with van der Waals surface area (Å²) in [6.07, 6.45) is 1.22. The standard InChI is InChI=1S/C12H17NO5S/c1-6(2)9(12(16)17)13-10(15)8(11(13)19-4)7(3)18-5-14/h5,7-8,11H,1-4H3,(H,16,17)/t7?,8-,11+/m0/s1. The molecule has 1 amide bonds. The molecule has 106 valence electrons. The normalized spacial score (nSPS) is 23.4. The van der Waals surface area contributed by atoms with Crippen molar-refractivity contribution in [3.63, 3.8) is 0 Å². The number of carbonyl (C=O) groups is 3. The number of hydrogen-bond donors (Lipinski definition) is 1. The number of nitrogens with zero attached hydrogens (tertiary/aromatic N) is 1. The van der Waals surface area contributed by atoms with Gasteiger partial charge in [0.1, 0.15) is 17.7 Å². The highest BCUT2D eigenvalue weighted by Gasteiger charge is 2.53. The van der Waals surface area contributed by atoms with Crippen molar-refractivity contribution in [1.82, 2.24) is 4.90 Å². The molecule has 1 unspecified atom stereocenters. The Bertz CT molecular complexity index is 430. The summed E-state index contributed by atoms with van der Waals surface area (Å²) < 4.78 is 4.79. The van der Waals surface area contributed by atoms with Crippen molar-refractivity contribution in [1.29, 1.82) is 0 Å². The summed E-state index contributed by atoms with van der Waals surface area (Å²) in [5.41, 5.74) is 0.557. The summed E-state index contributed by atoms with van der Waals surface area (Å²) in [6, 6.07) is 0. The molecule has 0 aromatic heterocycles. The summed E-state index contributed by atoms with van der Waals surface area (Å²) in [5.74, 6) is -1.96. The number of β-lactam (4-membered cyclic amide) rings is 1. The van der Waals surface area contributed by atoms with Crippen molar-refractivity contribution in [3.05, 3.63) is 11.3 Å². The fourth-order valence-electron chi connectivity index (χ4n) is 2.14. The smallest absolute Gasteiger partial charge is 0.352 e. The van der Waals surface area contributed by atoms with Gasteiger partial charge in [0.25, 0.3) is 6.47 Å². The number of aliphatic carboxylic acids is 1. The summed E-state index contributed by atoms with van der Waals surface area (Å²) in [7, 11) is 0. The number of amides is 1. The molecule has 1 fully saturated rings. The molecule has 6 nitrogen and oxygen atoms in total. The van der Waals surface area contributed by atoms with Crippen LogP contribution in [0.3, 0.4) is 0 Å². The van der Waals surface area contributed by atoms with E-state index in [2.05, 4.69) is 0 Å². The Kier molecular flexibility index (Phi) is 4.99. The number of rotatable bonds is 6. The van der Waals surface area contributed by atoms with Crippen LogP contribution in [-0.2, 0) is 19.1 Å². The van der Waals surface area contributed by atoms with E-state index in [1.807, 2.05) is 0 Å². The monoisotopic (exact) mass is 287 g/mol. The van der Waals surface area contributed by atoms with Crippen LogP contribution in [0.15, 0.2) is 11.3 Å². The number of likely N-dealkylation sites (tertiary alicyclic amines) is 1. The lowest BCUT2D eigenvalue weighted by Gasteiger charge is -2.48. The maximum Gasteiger partial charge on any atom is 0.352 e. The van der Waals surface area contributed by atoms with E-state index in [1.54, 1.807) is 27.0 Å². The van der Waals surface area contributed by atoms with Crippen LogP contribution in [0.25, 0.3) is 0 Å². The molecule has 1 aliphatic heterocycles. The third kappa shape index (κ3) is 2.75. The van der Waals surface area contributed by atoms with Gasteiger partial charge in [0.05, 0.1) is 5.37 Å². The average molecular weight is 287 g/mol. The summed E-state index contributed by atoms with van der Waals surface area (Å²) in [6.45, 7) is 5.22. The molecule has 1 rings (SSSR count). The molecular formula is C12H17NO5S. The molecule has 0 aromatic carbocycles. The minimum atomic E-state index is -1.13. The lowest BCUT2D eigenvalue weighted by Crippen LogP contribution is -2.63. The van der Waals surface area contributed by atoms with Crippen LogP contribution in [0.4, 0.5) is 0 Å². The van der Waals surface area contributed by atoms with Gasteiger partial charge in [-0.25, -0.2) is 4.79 Å². The quantitative estimate of drug-likeness (QED) is 0.447. The van der Waals surface area contributed by atoms with Crippen molar-refractivity contribution >= 4 is 30.1 Å². The van der Waals surface area contributed by atoms with Gasteiger partial charge in [-0.05, 0) is 32.6 Å². The zero-order chi connectivity index (χ0) is 14.7. The predicted molar refractivity (Wildman–Crippen MR) is 70.3 cm³/mol. The third-order valence-corrected chi connectivity index (χ3v) is 4.01. The molecule has 0 aromatic rings. The van der Waals surface area contributed by atoms with Gasteiger partial charge in [-0.2, -0.15) is 0 Å². The van der Waals surface area contributed by atoms with Gasteiger partial charge in [-0.15, -0.1) is 11.8 Å². The average Bonchev–Trinajstić information content (AvgIpc) is 2.31. The summed E-state index contributed by atoms with van der Waals surface area (Å²) in [4.78, 5) is 35.0. The predicted octanol–water partition coefficient (Wildman–Crippen LogP) is 1.07. The molecule has 7 heteroatoms. The Hall–Kier alpha value is -1.50. The van der Waals surface area contributed by atoms with E-state index in [1.165, 1.54) is 16.7 Å². The Labute approximate surface area is 115 Å². The Morgan fingerprint density at radius 2 is 2.11 bits per heavy atom. The van der Waals surface area contributed by atoms with Gasteiger partial charge in [0.15, 0.2) is 0 Å². The zero-order valence-corrected chi connectivity index (χ0v) is 12.1. The molecule has 1 heterocycles. The van der Waals surface area contributed by atoms with Crippen molar-refractivity contribution in [3.8, 4) is 0 Å². The third-order valence-electron chi connectivity index (χ3n) is 3.02. The Morgan fingerprint density at radius 3 is 2.47 bits per heavy atom.